The number of thiazole rings is 1. The van der Waals surface area contributed by atoms with Crippen LogP contribution in [0.4, 0.5) is 0 Å². The molecule has 2 rings (SSSR count). The molecule has 82 valence electrons. The fourth-order valence-electron chi connectivity index (χ4n) is 2.09. The Morgan fingerprint density at radius 3 is 3.20 bits per heavy atom. The average Bonchev–Trinajstić information content (AvgIpc) is 2.87. The predicted octanol–water partition coefficient (Wildman–Crippen LogP) is 1.84. The van der Waals surface area contributed by atoms with Crippen molar-refractivity contribution in [3.05, 3.63) is 16.1 Å². The Balaban J connectivity index is 1.89. The number of aldehydes is 1. The van der Waals surface area contributed by atoms with Gasteiger partial charge in [-0.1, -0.05) is 6.92 Å². The van der Waals surface area contributed by atoms with Crippen molar-refractivity contribution in [3.63, 3.8) is 0 Å². The molecule has 0 saturated carbocycles. The largest absolute Gasteiger partial charge is 0.303 e. The number of carbonyl (C=O) groups is 1. The Morgan fingerprint density at radius 1 is 1.73 bits per heavy atom. The van der Waals surface area contributed by atoms with Crippen LogP contribution in [-0.2, 0) is 6.42 Å². The van der Waals surface area contributed by atoms with Gasteiger partial charge in [-0.25, -0.2) is 4.98 Å². The molecule has 1 aliphatic heterocycles. The van der Waals surface area contributed by atoms with Gasteiger partial charge in [0.15, 0.2) is 6.29 Å². The Kier molecular flexibility index (Phi) is 3.49. The van der Waals surface area contributed by atoms with Crippen LogP contribution < -0.4 is 0 Å². The molecular formula is C11H16N2OS. The third-order valence-corrected chi connectivity index (χ3v) is 3.86. The summed E-state index contributed by atoms with van der Waals surface area (Å²) in [4.78, 5) is 17.2. The van der Waals surface area contributed by atoms with Gasteiger partial charge >= 0.3 is 0 Å². The zero-order valence-electron chi connectivity index (χ0n) is 8.98. The summed E-state index contributed by atoms with van der Waals surface area (Å²) in [5.41, 5.74) is 0.584. The van der Waals surface area contributed by atoms with E-state index >= 15 is 0 Å². The molecule has 3 nitrogen and oxygen atoms in total. The molecule has 0 bridgehead atoms. The topological polar surface area (TPSA) is 33.2 Å². The molecule has 0 amide bonds. The third kappa shape index (κ3) is 2.63. The summed E-state index contributed by atoms with van der Waals surface area (Å²) in [7, 11) is 0. The number of hydrogen-bond donors (Lipinski definition) is 0. The molecule has 0 radical (unpaired) electrons. The monoisotopic (exact) mass is 224 g/mol. The molecular weight excluding hydrogens is 208 g/mol. The lowest BCUT2D eigenvalue weighted by Gasteiger charge is -2.11. The first-order valence-electron chi connectivity index (χ1n) is 5.43. The number of nitrogens with zero attached hydrogens (tertiary/aromatic N) is 2. The summed E-state index contributed by atoms with van der Waals surface area (Å²) < 4.78 is 0. The van der Waals surface area contributed by atoms with Gasteiger partial charge in [0.2, 0.25) is 0 Å². The van der Waals surface area contributed by atoms with Crippen LogP contribution in [0.2, 0.25) is 0 Å². The first kappa shape index (κ1) is 10.8. The van der Waals surface area contributed by atoms with Crippen LogP contribution in [0, 0.1) is 5.92 Å². The molecule has 0 aliphatic carbocycles. The zero-order valence-corrected chi connectivity index (χ0v) is 9.80. The quantitative estimate of drug-likeness (QED) is 0.732. The first-order valence-corrected chi connectivity index (χ1v) is 6.31. The van der Waals surface area contributed by atoms with Gasteiger partial charge in [-0.2, -0.15) is 0 Å². The van der Waals surface area contributed by atoms with E-state index in [0.717, 1.165) is 30.2 Å². The summed E-state index contributed by atoms with van der Waals surface area (Å²) in [6.45, 7) is 5.75. The Morgan fingerprint density at radius 2 is 2.60 bits per heavy atom. The number of rotatable bonds is 4. The van der Waals surface area contributed by atoms with Gasteiger partial charge < -0.3 is 4.90 Å². The van der Waals surface area contributed by atoms with E-state index in [1.54, 1.807) is 11.3 Å². The van der Waals surface area contributed by atoms with Crippen molar-refractivity contribution in [2.45, 2.75) is 19.8 Å². The number of likely N-dealkylation sites (tertiary alicyclic amines) is 1. The van der Waals surface area contributed by atoms with E-state index in [2.05, 4.69) is 16.8 Å². The second-order valence-corrected chi connectivity index (χ2v) is 4.98. The van der Waals surface area contributed by atoms with Crippen LogP contribution in [0.3, 0.4) is 0 Å². The Hall–Kier alpha value is -0.740. The fourth-order valence-corrected chi connectivity index (χ4v) is 2.94. The summed E-state index contributed by atoms with van der Waals surface area (Å²) in [5.74, 6) is 0.732. The van der Waals surface area contributed by atoms with Crippen molar-refractivity contribution in [3.8, 4) is 0 Å². The van der Waals surface area contributed by atoms with Gasteiger partial charge in [0.25, 0.3) is 0 Å². The zero-order chi connectivity index (χ0) is 10.7. The highest BCUT2D eigenvalue weighted by molar-refractivity contribution is 7.09. The SMILES string of the molecule is CCN1CCC(Cc2nc(C=O)cs2)C1. The first-order chi connectivity index (χ1) is 7.31. The molecule has 15 heavy (non-hydrogen) atoms. The minimum Gasteiger partial charge on any atom is -0.303 e. The molecule has 1 aromatic heterocycles. The van der Waals surface area contributed by atoms with Crippen LogP contribution in [0.15, 0.2) is 5.38 Å². The summed E-state index contributed by atoms with van der Waals surface area (Å²) >= 11 is 1.61. The van der Waals surface area contributed by atoms with Gasteiger partial charge in [-0.3, -0.25) is 4.79 Å². The van der Waals surface area contributed by atoms with E-state index in [0.29, 0.717) is 5.69 Å². The molecule has 0 spiro atoms. The van der Waals surface area contributed by atoms with Gasteiger partial charge in [0.1, 0.15) is 5.69 Å². The van der Waals surface area contributed by atoms with Crippen LogP contribution in [-0.4, -0.2) is 35.8 Å². The molecule has 0 N–H and O–H groups in total. The van der Waals surface area contributed by atoms with Crippen molar-refractivity contribution < 1.29 is 4.79 Å². The molecule has 1 saturated heterocycles. The molecule has 1 aromatic rings. The minimum absolute atomic E-state index is 0.584. The number of hydrogen-bond acceptors (Lipinski definition) is 4. The van der Waals surface area contributed by atoms with Crippen LogP contribution in [0.25, 0.3) is 0 Å². The van der Waals surface area contributed by atoms with Crippen molar-refractivity contribution in [2.75, 3.05) is 19.6 Å². The normalized spacial score (nSPS) is 22.1. The fraction of sp³-hybridized carbons (Fsp3) is 0.636. The van der Waals surface area contributed by atoms with Crippen molar-refractivity contribution in [1.29, 1.82) is 0 Å². The highest BCUT2D eigenvalue weighted by Gasteiger charge is 2.22. The average molecular weight is 224 g/mol. The molecule has 1 aliphatic rings. The molecule has 0 aromatic carbocycles. The summed E-state index contributed by atoms with van der Waals surface area (Å²) in [5, 5.41) is 2.95. The maximum atomic E-state index is 10.5. The molecule has 1 atom stereocenters. The van der Waals surface area contributed by atoms with E-state index < -0.39 is 0 Å². The Labute approximate surface area is 94.1 Å². The third-order valence-electron chi connectivity index (χ3n) is 2.97. The molecule has 1 unspecified atom stereocenters. The second kappa shape index (κ2) is 4.86. The Bertz CT molecular complexity index is 337. The number of carbonyl (C=O) groups excluding carboxylic acids is 1. The number of aromatic nitrogens is 1. The lowest BCUT2D eigenvalue weighted by atomic mass is 10.1. The summed E-state index contributed by atoms with van der Waals surface area (Å²) in [6, 6.07) is 0. The molecule has 4 heteroatoms. The smallest absolute Gasteiger partial charge is 0.169 e. The second-order valence-electron chi connectivity index (χ2n) is 4.04. The maximum Gasteiger partial charge on any atom is 0.169 e. The lowest BCUT2D eigenvalue weighted by molar-refractivity contribution is 0.111. The van der Waals surface area contributed by atoms with Gasteiger partial charge in [0.05, 0.1) is 5.01 Å². The maximum absolute atomic E-state index is 10.5. The lowest BCUT2D eigenvalue weighted by Crippen LogP contribution is -2.20. The highest BCUT2D eigenvalue weighted by atomic mass is 32.1. The van der Waals surface area contributed by atoms with Crippen LogP contribution >= 0.6 is 11.3 Å². The van der Waals surface area contributed by atoms with Gasteiger partial charge in [0, 0.05) is 18.3 Å². The van der Waals surface area contributed by atoms with Crippen molar-refractivity contribution in [2.24, 2.45) is 5.92 Å². The minimum atomic E-state index is 0.584. The van der Waals surface area contributed by atoms with Crippen molar-refractivity contribution in [1.82, 2.24) is 9.88 Å². The van der Waals surface area contributed by atoms with E-state index in [1.807, 2.05) is 5.38 Å². The predicted molar refractivity (Wildman–Crippen MR) is 61.4 cm³/mol. The highest BCUT2D eigenvalue weighted by Crippen LogP contribution is 2.22. The van der Waals surface area contributed by atoms with Gasteiger partial charge in [-0.05, 0) is 25.4 Å². The van der Waals surface area contributed by atoms with E-state index in [-0.39, 0.29) is 0 Å². The summed E-state index contributed by atoms with van der Waals surface area (Å²) in [6.07, 6.45) is 3.13. The van der Waals surface area contributed by atoms with Gasteiger partial charge in [-0.15, -0.1) is 11.3 Å². The van der Waals surface area contributed by atoms with E-state index in [9.17, 15) is 4.79 Å². The van der Waals surface area contributed by atoms with E-state index in [4.69, 9.17) is 0 Å². The molecule has 1 fully saturated rings. The van der Waals surface area contributed by atoms with Crippen LogP contribution in [0.5, 0.6) is 0 Å². The van der Waals surface area contributed by atoms with Crippen molar-refractivity contribution >= 4 is 17.6 Å². The van der Waals surface area contributed by atoms with Crippen LogP contribution in [0.1, 0.15) is 28.8 Å². The molecule has 2 heterocycles. The standard InChI is InChI=1S/C11H16N2OS/c1-2-13-4-3-9(6-13)5-11-12-10(7-14)8-15-11/h7-9H,2-6H2,1H3. The van der Waals surface area contributed by atoms with E-state index in [1.165, 1.54) is 19.5 Å².